The summed E-state index contributed by atoms with van der Waals surface area (Å²) >= 11 is 6.62. The van der Waals surface area contributed by atoms with Gasteiger partial charge in [-0.25, -0.2) is 9.37 Å². The number of anilines is 1. The summed E-state index contributed by atoms with van der Waals surface area (Å²) in [5.74, 6) is 0.0674. The van der Waals surface area contributed by atoms with Crippen LogP contribution in [-0.2, 0) is 6.54 Å². The molecule has 0 bridgehead atoms. The maximum atomic E-state index is 14.0. The molecule has 0 aliphatic rings. The Balaban J connectivity index is 2.24. The fraction of sp³-hybridized carbons (Fsp3) is 0.214. The molecule has 1 heterocycles. The third-order valence-corrected chi connectivity index (χ3v) is 3.45. The molecule has 0 aliphatic heterocycles. The fourth-order valence-corrected chi connectivity index (χ4v) is 2.54. The van der Waals surface area contributed by atoms with Crippen LogP contribution in [0.5, 0.6) is 0 Å². The SMILES string of the molecule is Fc1cc(Br)cnc1N(CCBr)Cc1ccccc1. The summed E-state index contributed by atoms with van der Waals surface area (Å²) in [4.78, 5) is 6.10. The van der Waals surface area contributed by atoms with Gasteiger partial charge in [-0.05, 0) is 27.6 Å². The largest absolute Gasteiger partial charge is 0.349 e. The van der Waals surface area contributed by atoms with Gasteiger partial charge in [0, 0.05) is 29.1 Å². The van der Waals surface area contributed by atoms with Crippen molar-refractivity contribution in [1.82, 2.24) is 4.98 Å². The first-order valence-corrected chi connectivity index (χ1v) is 7.78. The molecule has 100 valence electrons. The van der Waals surface area contributed by atoms with Gasteiger partial charge in [-0.15, -0.1) is 0 Å². The summed E-state index contributed by atoms with van der Waals surface area (Å²) in [6.45, 7) is 1.33. The molecule has 0 N–H and O–H groups in total. The molecular formula is C14H13Br2FN2. The summed E-state index contributed by atoms with van der Waals surface area (Å²) in [6, 6.07) is 11.4. The number of aromatic nitrogens is 1. The van der Waals surface area contributed by atoms with Crippen LogP contribution in [0.25, 0.3) is 0 Å². The molecule has 0 atom stereocenters. The predicted octanol–water partition coefficient (Wildman–Crippen LogP) is 4.38. The van der Waals surface area contributed by atoms with Crippen molar-refractivity contribution in [3.05, 3.63) is 58.4 Å². The number of alkyl halides is 1. The lowest BCUT2D eigenvalue weighted by Gasteiger charge is -2.23. The van der Waals surface area contributed by atoms with Crippen molar-refractivity contribution in [1.29, 1.82) is 0 Å². The van der Waals surface area contributed by atoms with Crippen LogP contribution >= 0.6 is 31.9 Å². The third kappa shape index (κ3) is 4.01. The highest BCUT2D eigenvalue weighted by Gasteiger charge is 2.13. The lowest BCUT2D eigenvalue weighted by atomic mass is 10.2. The van der Waals surface area contributed by atoms with E-state index in [9.17, 15) is 4.39 Å². The van der Waals surface area contributed by atoms with Crippen LogP contribution in [0.4, 0.5) is 10.2 Å². The van der Waals surface area contributed by atoms with E-state index in [4.69, 9.17) is 0 Å². The molecule has 0 unspecified atom stereocenters. The number of nitrogens with zero attached hydrogens (tertiary/aromatic N) is 2. The molecule has 0 spiro atoms. The van der Waals surface area contributed by atoms with Crippen LogP contribution in [-0.4, -0.2) is 16.9 Å². The number of rotatable bonds is 5. The maximum absolute atomic E-state index is 14.0. The van der Waals surface area contributed by atoms with E-state index in [0.29, 0.717) is 23.4 Å². The van der Waals surface area contributed by atoms with Crippen molar-refractivity contribution in [3.63, 3.8) is 0 Å². The Morgan fingerprint density at radius 3 is 2.58 bits per heavy atom. The second kappa shape index (κ2) is 7.01. The van der Waals surface area contributed by atoms with Gasteiger partial charge < -0.3 is 4.90 Å². The molecular weight excluding hydrogens is 375 g/mol. The van der Waals surface area contributed by atoms with Crippen molar-refractivity contribution >= 4 is 37.7 Å². The Kier molecular flexibility index (Phi) is 5.34. The van der Waals surface area contributed by atoms with Crippen molar-refractivity contribution < 1.29 is 4.39 Å². The Morgan fingerprint density at radius 1 is 1.21 bits per heavy atom. The van der Waals surface area contributed by atoms with Crippen LogP contribution in [0.2, 0.25) is 0 Å². The van der Waals surface area contributed by atoms with E-state index in [1.807, 2.05) is 35.2 Å². The van der Waals surface area contributed by atoms with Gasteiger partial charge in [-0.3, -0.25) is 0 Å². The van der Waals surface area contributed by atoms with Crippen molar-refractivity contribution in [2.45, 2.75) is 6.54 Å². The molecule has 2 nitrogen and oxygen atoms in total. The maximum Gasteiger partial charge on any atom is 0.166 e. The number of pyridine rings is 1. The van der Waals surface area contributed by atoms with Gasteiger partial charge in [0.15, 0.2) is 11.6 Å². The molecule has 1 aromatic heterocycles. The first-order valence-electron chi connectivity index (χ1n) is 5.86. The Bertz CT molecular complexity index is 534. The zero-order chi connectivity index (χ0) is 13.7. The lowest BCUT2D eigenvalue weighted by Crippen LogP contribution is -2.26. The molecule has 0 fully saturated rings. The van der Waals surface area contributed by atoms with Gasteiger partial charge in [-0.1, -0.05) is 46.3 Å². The van der Waals surface area contributed by atoms with E-state index in [-0.39, 0.29) is 5.82 Å². The topological polar surface area (TPSA) is 16.1 Å². The highest BCUT2D eigenvalue weighted by molar-refractivity contribution is 9.10. The highest BCUT2D eigenvalue weighted by Crippen LogP contribution is 2.21. The monoisotopic (exact) mass is 386 g/mol. The van der Waals surface area contributed by atoms with Gasteiger partial charge >= 0.3 is 0 Å². The number of hydrogen-bond donors (Lipinski definition) is 0. The van der Waals surface area contributed by atoms with Crippen LogP contribution in [0.3, 0.4) is 0 Å². The normalized spacial score (nSPS) is 10.5. The first kappa shape index (κ1) is 14.5. The molecule has 0 amide bonds. The minimum atomic E-state index is -0.314. The second-order valence-electron chi connectivity index (χ2n) is 4.06. The third-order valence-electron chi connectivity index (χ3n) is 2.66. The fourth-order valence-electron chi connectivity index (χ4n) is 1.81. The van der Waals surface area contributed by atoms with E-state index < -0.39 is 0 Å². The summed E-state index contributed by atoms with van der Waals surface area (Å²) < 4.78 is 14.6. The summed E-state index contributed by atoms with van der Waals surface area (Å²) in [5.41, 5.74) is 1.13. The van der Waals surface area contributed by atoms with Gasteiger partial charge in [0.05, 0.1) is 0 Å². The van der Waals surface area contributed by atoms with Crippen molar-refractivity contribution in [2.75, 3.05) is 16.8 Å². The molecule has 0 aliphatic carbocycles. The van der Waals surface area contributed by atoms with Crippen LogP contribution < -0.4 is 4.90 Å². The zero-order valence-electron chi connectivity index (χ0n) is 10.2. The number of benzene rings is 1. The van der Waals surface area contributed by atoms with Crippen LogP contribution in [0.1, 0.15) is 5.56 Å². The van der Waals surface area contributed by atoms with Gasteiger partial charge in [-0.2, -0.15) is 0 Å². The minimum absolute atomic E-state index is 0.314. The van der Waals surface area contributed by atoms with Gasteiger partial charge in [0.2, 0.25) is 0 Å². The second-order valence-corrected chi connectivity index (χ2v) is 5.76. The first-order chi connectivity index (χ1) is 9.20. The molecule has 5 heteroatoms. The molecule has 0 saturated heterocycles. The number of hydrogen-bond acceptors (Lipinski definition) is 2. The Hall–Kier alpha value is -0.940. The molecule has 1 aromatic carbocycles. The molecule has 2 aromatic rings. The van der Waals surface area contributed by atoms with Gasteiger partial charge in [0.25, 0.3) is 0 Å². The summed E-state index contributed by atoms with van der Waals surface area (Å²) in [7, 11) is 0. The average Bonchev–Trinajstić information content (AvgIpc) is 2.39. The summed E-state index contributed by atoms with van der Waals surface area (Å²) in [5, 5.41) is 0.761. The van der Waals surface area contributed by atoms with E-state index in [0.717, 1.165) is 10.9 Å². The Labute approximate surface area is 128 Å². The predicted molar refractivity (Wildman–Crippen MR) is 83.2 cm³/mol. The quantitative estimate of drug-likeness (QED) is 0.707. The summed E-state index contributed by atoms with van der Waals surface area (Å²) in [6.07, 6.45) is 1.62. The van der Waals surface area contributed by atoms with Crippen molar-refractivity contribution in [2.24, 2.45) is 0 Å². The minimum Gasteiger partial charge on any atom is -0.349 e. The van der Waals surface area contributed by atoms with E-state index in [1.54, 1.807) is 6.20 Å². The smallest absolute Gasteiger partial charge is 0.166 e. The lowest BCUT2D eigenvalue weighted by molar-refractivity contribution is 0.609. The molecule has 0 radical (unpaired) electrons. The average molecular weight is 388 g/mol. The highest BCUT2D eigenvalue weighted by atomic mass is 79.9. The Morgan fingerprint density at radius 2 is 1.95 bits per heavy atom. The van der Waals surface area contributed by atoms with E-state index >= 15 is 0 Å². The van der Waals surface area contributed by atoms with E-state index in [2.05, 4.69) is 36.8 Å². The van der Waals surface area contributed by atoms with Crippen molar-refractivity contribution in [3.8, 4) is 0 Å². The number of halogens is 3. The van der Waals surface area contributed by atoms with Crippen LogP contribution in [0.15, 0.2) is 47.1 Å². The molecule has 0 saturated carbocycles. The molecule has 19 heavy (non-hydrogen) atoms. The van der Waals surface area contributed by atoms with Crippen LogP contribution in [0, 0.1) is 5.82 Å². The van der Waals surface area contributed by atoms with E-state index in [1.165, 1.54) is 6.07 Å². The molecule has 2 rings (SSSR count). The zero-order valence-corrected chi connectivity index (χ0v) is 13.4. The standard InChI is InChI=1S/C14H13Br2FN2/c15-6-7-19(10-11-4-2-1-3-5-11)14-13(17)8-12(16)9-18-14/h1-5,8-9H,6-7,10H2. The van der Waals surface area contributed by atoms with Gasteiger partial charge in [0.1, 0.15) is 0 Å².